The number of hydrogen-bond acceptors (Lipinski definition) is 5. The van der Waals surface area contributed by atoms with E-state index < -0.39 is 0 Å². The number of carbonyl (C=O) groups is 1. The van der Waals surface area contributed by atoms with Crippen LogP contribution >= 0.6 is 11.8 Å². The lowest BCUT2D eigenvalue weighted by Crippen LogP contribution is -2.35. The van der Waals surface area contributed by atoms with Crippen molar-refractivity contribution in [3.8, 4) is 11.4 Å². The molecule has 1 aliphatic heterocycles. The highest BCUT2D eigenvalue weighted by Gasteiger charge is 2.20. The zero-order chi connectivity index (χ0) is 25.1. The number of fused-ring (bicyclic) bond motifs is 1. The summed E-state index contributed by atoms with van der Waals surface area (Å²) in [5.41, 5.74) is 2.31. The van der Waals surface area contributed by atoms with Crippen LogP contribution in [-0.4, -0.2) is 40.6 Å². The average Bonchev–Trinajstić information content (AvgIpc) is 2.92. The van der Waals surface area contributed by atoms with Gasteiger partial charge >= 0.3 is 0 Å². The first-order valence-corrected chi connectivity index (χ1v) is 12.9. The number of benzene rings is 3. The molecule has 0 radical (unpaired) electrons. The fourth-order valence-electron chi connectivity index (χ4n) is 4.38. The number of carbonyl (C=O) groups excluding carboxylic acids is 1. The van der Waals surface area contributed by atoms with E-state index in [1.165, 1.54) is 23.9 Å². The Bertz CT molecular complexity index is 1460. The van der Waals surface area contributed by atoms with Crippen LogP contribution in [0.2, 0.25) is 0 Å². The third-order valence-electron chi connectivity index (χ3n) is 6.32. The SMILES string of the molecule is COc1cccc(-n2c(SCc3ccc(F)cc3)nc3cc(C(=O)N4CCCCC4)ccc3c2=O)c1. The van der Waals surface area contributed by atoms with Crippen molar-refractivity contribution in [2.75, 3.05) is 20.2 Å². The monoisotopic (exact) mass is 503 g/mol. The summed E-state index contributed by atoms with van der Waals surface area (Å²) in [5.74, 6) is 0.785. The van der Waals surface area contributed by atoms with Crippen LogP contribution in [0.4, 0.5) is 4.39 Å². The molecule has 6 nitrogen and oxygen atoms in total. The minimum Gasteiger partial charge on any atom is -0.497 e. The first-order valence-electron chi connectivity index (χ1n) is 11.9. The summed E-state index contributed by atoms with van der Waals surface area (Å²) in [6.45, 7) is 1.50. The molecule has 4 aromatic rings. The molecular formula is C28H26FN3O3S. The zero-order valence-corrected chi connectivity index (χ0v) is 20.8. The summed E-state index contributed by atoms with van der Waals surface area (Å²) in [6.07, 6.45) is 3.15. The van der Waals surface area contributed by atoms with Crippen LogP contribution in [-0.2, 0) is 5.75 Å². The van der Waals surface area contributed by atoms with Crippen molar-refractivity contribution >= 4 is 28.6 Å². The van der Waals surface area contributed by atoms with Gasteiger partial charge in [-0.1, -0.05) is 30.0 Å². The second-order valence-corrected chi connectivity index (χ2v) is 9.68. The van der Waals surface area contributed by atoms with E-state index in [2.05, 4.69) is 0 Å². The summed E-state index contributed by atoms with van der Waals surface area (Å²) < 4.78 is 20.3. The number of thioether (sulfide) groups is 1. The Labute approximate surface area is 212 Å². The lowest BCUT2D eigenvalue weighted by atomic mass is 10.1. The lowest BCUT2D eigenvalue weighted by Gasteiger charge is -2.26. The molecule has 1 aliphatic rings. The minimum atomic E-state index is -0.299. The fourth-order valence-corrected chi connectivity index (χ4v) is 5.35. The number of rotatable bonds is 6. The van der Waals surface area contributed by atoms with Crippen LogP contribution in [0, 0.1) is 5.82 Å². The predicted molar refractivity (Wildman–Crippen MR) is 140 cm³/mol. The molecular weight excluding hydrogens is 477 g/mol. The molecule has 3 aromatic carbocycles. The molecule has 0 atom stereocenters. The Hall–Kier alpha value is -3.65. The van der Waals surface area contributed by atoms with E-state index in [-0.39, 0.29) is 17.3 Å². The highest BCUT2D eigenvalue weighted by Crippen LogP contribution is 2.27. The maximum Gasteiger partial charge on any atom is 0.266 e. The van der Waals surface area contributed by atoms with E-state index in [0.29, 0.717) is 38.8 Å². The van der Waals surface area contributed by atoms with Gasteiger partial charge in [0, 0.05) is 30.5 Å². The zero-order valence-electron chi connectivity index (χ0n) is 19.9. The number of likely N-dealkylation sites (tertiary alicyclic amines) is 1. The smallest absolute Gasteiger partial charge is 0.266 e. The second kappa shape index (κ2) is 10.5. The number of methoxy groups -OCH3 is 1. The fraction of sp³-hybridized carbons (Fsp3) is 0.250. The lowest BCUT2D eigenvalue weighted by molar-refractivity contribution is 0.0724. The quantitative estimate of drug-likeness (QED) is 0.259. The van der Waals surface area contributed by atoms with Crippen molar-refractivity contribution in [3.05, 3.63) is 94.0 Å². The van der Waals surface area contributed by atoms with Crippen molar-refractivity contribution in [2.45, 2.75) is 30.2 Å². The van der Waals surface area contributed by atoms with Gasteiger partial charge < -0.3 is 9.64 Å². The van der Waals surface area contributed by atoms with Gasteiger partial charge in [0.05, 0.1) is 23.7 Å². The van der Waals surface area contributed by atoms with Crippen molar-refractivity contribution in [1.82, 2.24) is 14.5 Å². The molecule has 0 spiro atoms. The Morgan fingerprint density at radius 3 is 2.56 bits per heavy atom. The van der Waals surface area contributed by atoms with Gasteiger partial charge in [-0.3, -0.25) is 14.2 Å². The molecule has 36 heavy (non-hydrogen) atoms. The van der Waals surface area contributed by atoms with Crippen LogP contribution in [0.5, 0.6) is 5.75 Å². The molecule has 1 amide bonds. The first kappa shape index (κ1) is 24.1. The van der Waals surface area contributed by atoms with Crippen molar-refractivity contribution in [3.63, 3.8) is 0 Å². The Balaban J connectivity index is 1.59. The average molecular weight is 504 g/mol. The molecule has 1 fully saturated rings. The highest BCUT2D eigenvalue weighted by molar-refractivity contribution is 7.98. The Morgan fingerprint density at radius 2 is 1.81 bits per heavy atom. The standard InChI is InChI=1S/C28H26FN3O3S/c1-35-23-7-5-6-22(17-23)32-27(34)24-13-10-20(26(33)31-14-3-2-4-15-31)16-25(24)30-28(32)36-18-19-8-11-21(29)12-9-19/h5-13,16-17H,2-4,14-15,18H2,1H3. The van der Waals surface area contributed by atoms with Crippen molar-refractivity contribution < 1.29 is 13.9 Å². The maximum atomic E-state index is 13.7. The summed E-state index contributed by atoms with van der Waals surface area (Å²) in [5, 5.41) is 0.909. The molecule has 0 aliphatic carbocycles. The Morgan fingerprint density at radius 1 is 1.03 bits per heavy atom. The summed E-state index contributed by atoms with van der Waals surface area (Å²) in [6, 6.07) is 18.6. The van der Waals surface area contributed by atoms with Gasteiger partial charge in [-0.2, -0.15) is 0 Å². The number of halogens is 1. The van der Waals surface area contributed by atoms with Gasteiger partial charge in [0.1, 0.15) is 11.6 Å². The number of nitrogens with zero attached hydrogens (tertiary/aromatic N) is 3. The van der Waals surface area contributed by atoms with Gasteiger partial charge in [0.25, 0.3) is 11.5 Å². The highest BCUT2D eigenvalue weighted by atomic mass is 32.2. The molecule has 0 unspecified atom stereocenters. The van der Waals surface area contributed by atoms with E-state index >= 15 is 0 Å². The largest absolute Gasteiger partial charge is 0.497 e. The third kappa shape index (κ3) is 4.99. The maximum absolute atomic E-state index is 13.7. The van der Waals surface area contributed by atoms with E-state index in [9.17, 15) is 14.0 Å². The van der Waals surface area contributed by atoms with Crippen LogP contribution in [0.3, 0.4) is 0 Å². The first-order chi connectivity index (χ1) is 17.5. The third-order valence-corrected chi connectivity index (χ3v) is 7.33. The van der Waals surface area contributed by atoms with Gasteiger partial charge in [-0.25, -0.2) is 9.37 Å². The summed E-state index contributed by atoms with van der Waals surface area (Å²) >= 11 is 1.38. The van der Waals surface area contributed by atoms with Gasteiger partial charge in [0.2, 0.25) is 0 Å². The molecule has 2 heterocycles. The number of ether oxygens (including phenoxy) is 1. The molecule has 0 bridgehead atoms. The Kier molecular flexibility index (Phi) is 7.04. The van der Waals surface area contributed by atoms with Crippen molar-refractivity contribution in [1.29, 1.82) is 0 Å². The normalized spacial score (nSPS) is 13.7. The number of piperidine rings is 1. The van der Waals surface area contributed by atoms with Crippen molar-refractivity contribution in [2.24, 2.45) is 0 Å². The van der Waals surface area contributed by atoms with E-state index in [1.807, 2.05) is 23.1 Å². The molecule has 1 aromatic heterocycles. The van der Waals surface area contributed by atoms with Gasteiger partial charge in [-0.05, 0) is 67.3 Å². The second-order valence-electron chi connectivity index (χ2n) is 8.74. The number of hydrogen-bond donors (Lipinski definition) is 0. The van der Waals surface area contributed by atoms with E-state index in [4.69, 9.17) is 9.72 Å². The van der Waals surface area contributed by atoms with Crippen LogP contribution in [0.15, 0.2) is 76.7 Å². The van der Waals surface area contributed by atoms with Crippen LogP contribution < -0.4 is 10.3 Å². The topological polar surface area (TPSA) is 64.4 Å². The van der Waals surface area contributed by atoms with E-state index in [0.717, 1.165) is 37.9 Å². The molecule has 0 N–H and O–H groups in total. The van der Waals surface area contributed by atoms with Crippen LogP contribution in [0.1, 0.15) is 35.2 Å². The number of aromatic nitrogens is 2. The minimum absolute atomic E-state index is 0.0316. The van der Waals surface area contributed by atoms with Gasteiger partial charge in [-0.15, -0.1) is 0 Å². The summed E-state index contributed by atoms with van der Waals surface area (Å²) in [7, 11) is 1.58. The molecule has 1 saturated heterocycles. The number of amides is 1. The van der Waals surface area contributed by atoms with E-state index in [1.54, 1.807) is 48.1 Å². The summed E-state index contributed by atoms with van der Waals surface area (Å²) in [4.78, 5) is 33.5. The molecule has 0 saturated carbocycles. The van der Waals surface area contributed by atoms with Crippen LogP contribution in [0.25, 0.3) is 16.6 Å². The molecule has 5 rings (SSSR count). The predicted octanol–water partition coefficient (Wildman–Crippen LogP) is 5.45. The molecule has 8 heteroatoms. The molecule has 184 valence electrons. The van der Waals surface area contributed by atoms with Gasteiger partial charge in [0.15, 0.2) is 5.16 Å².